The first-order valence-corrected chi connectivity index (χ1v) is 5.55. The molecule has 1 N–H and O–H groups in total. The summed E-state index contributed by atoms with van der Waals surface area (Å²) in [4.78, 5) is 15.0. The highest BCUT2D eigenvalue weighted by molar-refractivity contribution is 6.28. The molecule has 1 atom stereocenters. The molecule has 2 rings (SSSR count). The number of carbonyl (C=O) groups is 1. The molecule has 0 aromatic carbocycles. The van der Waals surface area contributed by atoms with Crippen molar-refractivity contribution in [3.8, 4) is 5.75 Å². The number of hydrogen-bond acceptors (Lipinski definition) is 4. The molecule has 18 heavy (non-hydrogen) atoms. The van der Waals surface area contributed by atoms with Crippen molar-refractivity contribution in [3.63, 3.8) is 0 Å². The maximum atomic E-state index is 11.1. The fourth-order valence-corrected chi connectivity index (χ4v) is 1.55. The van der Waals surface area contributed by atoms with Gasteiger partial charge in [0.1, 0.15) is 24.0 Å². The molecule has 94 valence electrons. The Morgan fingerprint density at radius 3 is 2.89 bits per heavy atom. The second-order valence-electron chi connectivity index (χ2n) is 3.53. The molecule has 2 heterocycles. The molecule has 2 aromatic heterocycles. The van der Waals surface area contributed by atoms with Gasteiger partial charge in [0, 0.05) is 6.20 Å². The third-order valence-corrected chi connectivity index (χ3v) is 2.49. The number of hydrogen-bond donors (Lipinski definition) is 1. The Labute approximate surface area is 108 Å². The predicted molar refractivity (Wildman–Crippen MR) is 63.8 cm³/mol. The maximum Gasteiger partial charge on any atom is 0.317 e. The summed E-state index contributed by atoms with van der Waals surface area (Å²) in [6.07, 6.45) is 3.11. The van der Waals surface area contributed by atoms with Gasteiger partial charge in [-0.15, -0.1) is 0 Å². The summed E-state index contributed by atoms with van der Waals surface area (Å²) in [5.41, 5.74) is 0. The average molecular weight is 268 g/mol. The molecule has 0 aliphatic rings. The van der Waals surface area contributed by atoms with Crippen LogP contribution in [0.3, 0.4) is 0 Å². The lowest BCUT2D eigenvalue weighted by molar-refractivity contribution is -0.140. The van der Waals surface area contributed by atoms with Crippen LogP contribution in [0.4, 0.5) is 0 Å². The topological polar surface area (TPSA) is 72.6 Å². The van der Waals surface area contributed by atoms with E-state index in [-0.39, 0.29) is 17.6 Å². The highest BCUT2D eigenvalue weighted by Crippen LogP contribution is 2.23. The molecule has 1 unspecified atom stereocenters. The SMILES string of the molecule is O=C(O)C(COc1cccnc1)c1ccc(Cl)o1. The minimum absolute atomic E-state index is 0.0507. The van der Waals surface area contributed by atoms with Crippen molar-refractivity contribution < 1.29 is 19.1 Å². The summed E-state index contributed by atoms with van der Waals surface area (Å²) < 4.78 is 10.4. The van der Waals surface area contributed by atoms with Crippen LogP contribution in [0.15, 0.2) is 41.1 Å². The summed E-state index contributed by atoms with van der Waals surface area (Å²) in [6, 6.07) is 6.42. The van der Waals surface area contributed by atoms with Crippen LogP contribution in [0.5, 0.6) is 5.75 Å². The van der Waals surface area contributed by atoms with Crippen molar-refractivity contribution in [1.29, 1.82) is 0 Å². The predicted octanol–water partition coefficient (Wildman–Crippen LogP) is 2.58. The average Bonchev–Trinajstić information content (AvgIpc) is 2.77. The van der Waals surface area contributed by atoms with E-state index < -0.39 is 11.9 Å². The number of aliphatic carboxylic acids is 1. The van der Waals surface area contributed by atoms with Crippen LogP contribution in [-0.2, 0) is 4.79 Å². The number of halogens is 1. The van der Waals surface area contributed by atoms with Gasteiger partial charge in [-0.05, 0) is 35.9 Å². The summed E-state index contributed by atoms with van der Waals surface area (Å²) in [6.45, 7) is -0.0507. The Morgan fingerprint density at radius 2 is 2.33 bits per heavy atom. The number of pyridine rings is 1. The quantitative estimate of drug-likeness (QED) is 0.901. The molecular formula is C12H10ClNO4. The molecule has 0 aliphatic carbocycles. The van der Waals surface area contributed by atoms with E-state index >= 15 is 0 Å². The Kier molecular flexibility index (Phi) is 3.84. The van der Waals surface area contributed by atoms with Crippen LogP contribution in [0.2, 0.25) is 5.22 Å². The summed E-state index contributed by atoms with van der Waals surface area (Å²) >= 11 is 5.62. The van der Waals surface area contributed by atoms with Crippen LogP contribution >= 0.6 is 11.6 Å². The first kappa shape index (κ1) is 12.4. The van der Waals surface area contributed by atoms with E-state index in [4.69, 9.17) is 25.9 Å². The molecule has 0 amide bonds. The number of aromatic nitrogens is 1. The molecule has 6 heteroatoms. The molecule has 2 aromatic rings. The zero-order chi connectivity index (χ0) is 13.0. The van der Waals surface area contributed by atoms with Crippen molar-refractivity contribution in [3.05, 3.63) is 47.6 Å². The maximum absolute atomic E-state index is 11.1. The van der Waals surface area contributed by atoms with Gasteiger partial charge < -0.3 is 14.3 Å². The van der Waals surface area contributed by atoms with Crippen molar-refractivity contribution >= 4 is 17.6 Å². The van der Waals surface area contributed by atoms with Gasteiger partial charge >= 0.3 is 5.97 Å². The molecule has 0 spiro atoms. The van der Waals surface area contributed by atoms with E-state index in [2.05, 4.69) is 4.98 Å². The zero-order valence-electron chi connectivity index (χ0n) is 9.25. The number of carboxylic acids is 1. The van der Waals surface area contributed by atoms with Gasteiger partial charge in [0.2, 0.25) is 0 Å². The summed E-state index contributed by atoms with van der Waals surface area (Å²) in [7, 11) is 0. The zero-order valence-corrected chi connectivity index (χ0v) is 10.0. The van der Waals surface area contributed by atoms with Gasteiger partial charge in [0.25, 0.3) is 0 Å². The van der Waals surface area contributed by atoms with Gasteiger partial charge in [-0.25, -0.2) is 0 Å². The lowest BCUT2D eigenvalue weighted by Crippen LogP contribution is -2.19. The number of rotatable bonds is 5. The number of furan rings is 1. The normalized spacial score (nSPS) is 12.1. The van der Waals surface area contributed by atoms with E-state index in [0.717, 1.165) is 0 Å². The first-order chi connectivity index (χ1) is 8.66. The molecule has 0 saturated carbocycles. The molecule has 0 fully saturated rings. The van der Waals surface area contributed by atoms with E-state index in [9.17, 15) is 4.79 Å². The minimum Gasteiger partial charge on any atom is -0.491 e. The highest BCUT2D eigenvalue weighted by Gasteiger charge is 2.24. The molecular weight excluding hydrogens is 258 g/mol. The molecule has 0 radical (unpaired) electrons. The Hall–Kier alpha value is -2.01. The van der Waals surface area contributed by atoms with Gasteiger partial charge in [-0.1, -0.05) is 0 Å². The van der Waals surface area contributed by atoms with Crippen LogP contribution in [-0.4, -0.2) is 22.7 Å². The molecule has 0 bridgehead atoms. The van der Waals surface area contributed by atoms with Crippen molar-refractivity contribution in [2.75, 3.05) is 6.61 Å². The number of carboxylic acid groups (broad SMARTS) is 1. The van der Waals surface area contributed by atoms with Gasteiger partial charge in [-0.3, -0.25) is 9.78 Å². The van der Waals surface area contributed by atoms with Crippen LogP contribution < -0.4 is 4.74 Å². The monoisotopic (exact) mass is 267 g/mol. The number of ether oxygens (including phenoxy) is 1. The lowest BCUT2D eigenvalue weighted by atomic mass is 10.1. The van der Waals surface area contributed by atoms with Crippen molar-refractivity contribution in [2.45, 2.75) is 5.92 Å². The van der Waals surface area contributed by atoms with Gasteiger partial charge in [-0.2, -0.15) is 0 Å². The van der Waals surface area contributed by atoms with E-state index in [1.165, 1.54) is 18.3 Å². The summed E-state index contributed by atoms with van der Waals surface area (Å²) in [5, 5.41) is 9.27. The Bertz CT molecular complexity index is 526. The van der Waals surface area contributed by atoms with Crippen molar-refractivity contribution in [1.82, 2.24) is 4.98 Å². The largest absolute Gasteiger partial charge is 0.491 e. The molecule has 5 nitrogen and oxygen atoms in total. The minimum atomic E-state index is -1.04. The van der Waals surface area contributed by atoms with Crippen LogP contribution in [0.25, 0.3) is 0 Å². The number of nitrogens with zero attached hydrogens (tertiary/aromatic N) is 1. The van der Waals surface area contributed by atoms with Gasteiger partial charge in [0.15, 0.2) is 5.22 Å². The standard InChI is InChI=1S/C12H10ClNO4/c13-11-4-3-10(18-11)9(12(15)16)7-17-8-2-1-5-14-6-8/h1-6,9H,7H2,(H,15,16). The highest BCUT2D eigenvalue weighted by atomic mass is 35.5. The van der Waals surface area contributed by atoms with Gasteiger partial charge in [0.05, 0.1) is 6.20 Å². The smallest absolute Gasteiger partial charge is 0.317 e. The molecule has 0 saturated heterocycles. The fraction of sp³-hybridized carbons (Fsp3) is 0.167. The second-order valence-corrected chi connectivity index (χ2v) is 3.90. The second kappa shape index (κ2) is 5.55. The van der Waals surface area contributed by atoms with E-state index in [0.29, 0.717) is 5.75 Å². The van der Waals surface area contributed by atoms with Crippen LogP contribution in [0.1, 0.15) is 11.7 Å². The summed E-state index contributed by atoms with van der Waals surface area (Å²) in [5.74, 6) is -1.18. The first-order valence-electron chi connectivity index (χ1n) is 5.17. The van der Waals surface area contributed by atoms with E-state index in [1.807, 2.05) is 0 Å². The fourth-order valence-electron chi connectivity index (χ4n) is 1.40. The third-order valence-electron chi connectivity index (χ3n) is 2.29. The van der Waals surface area contributed by atoms with Crippen molar-refractivity contribution in [2.24, 2.45) is 0 Å². The molecule has 0 aliphatic heterocycles. The lowest BCUT2D eigenvalue weighted by Gasteiger charge is -2.11. The Morgan fingerprint density at radius 1 is 1.50 bits per heavy atom. The van der Waals surface area contributed by atoms with E-state index in [1.54, 1.807) is 18.3 Å². The third kappa shape index (κ3) is 3.01. The Balaban J connectivity index is 2.06. The van der Waals surface area contributed by atoms with Crippen LogP contribution in [0, 0.1) is 0 Å².